The predicted molar refractivity (Wildman–Crippen MR) is 174 cm³/mol. The lowest BCUT2D eigenvalue weighted by atomic mass is 9.74. The molecule has 2 saturated heterocycles. The number of rotatable bonds is 10. The smallest absolute Gasteiger partial charge is 0.253 e. The summed E-state index contributed by atoms with van der Waals surface area (Å²) in [6.45, 7) is 9.29. The minimum atomic E-state index is -1.31. The fourth-order valence-electron chi connectivity index (χ4n) is 7.82. The maximum atomic E-state index is 14.7. The van der Waals surface area contributed by atoms with E-state index >= 15 is 0 Å². The van der Waals surface area contributed by atoms with Crippen LogP contribution in [0.3, 0.4) is 0 Å². The predicted octanol–water partition coefficient (Wildman–Crippen LogP) is 3.78. The van der Waals surface area contributed by atoms with E-state index in [1.807, 2.05) is 85.8 Å². The Morgan fingerprint density at radius 2 is 1.58 bits per heavy atom. The highest BCUT2D eigenvalue weighted by Crippen LogP contribution is 2.57. The van der Waals surface area contributed by atoms with Crippen LogP contribution in [0.4, 0.5) is 11.4 Å². The summed E-state index contributed by atoms with van der Waals surface area (Å²) in [7, 11) is 0. The summed E-state index contributed by atoms with van der Waals surface area (Å²) in [5.74, 6) is -2.28. The molecular weight excluding hydrogens is 568 g/mol. The van der Waals surface area contributed by atoms with Crippen molar-refractivity contribution < 1.29 is 24.2 Å². The molecule has 0 aliphatic carbocycles. The molecule has 0 saturated carbocycles. The molecule has 4 heterocycles. The quantitative estimate of drug-likeness (QED) is 0.325. The standard InChI is InChI=1S/C36H44N4O5/c1-4-37(5-2)27-15-17-28(18-16-27)39-23-12-20-36-30(33(43)40(22-9-10-24-41)31(36)34(39)44)29-32(42)38(21-11-19-35(29,3)45-36)25-26-13-7-6-8-14-26/h6-8,11-20,29-31,41H,4-5,9-10,21-25H2,1-3H3/t29-,30+,31?,35+,36+/m1/s1. The molecule has 0 aromatic heterocycles. The van der Waals surface area contributed by atoms with Crippen LogP contribution < -0.4 is 9.80 Å². The molecule has 5 atom stereocenters. The molecule has 1 N–H and O–H groups in total. The fourth-order valence-corrected chi connectivity index (χ4v) is 7.82. The second-order valence-corrected chi connectivity index (χ2v) is 12.6. The van der Waals surface area contributed by atoms with Gasteiger partial charge in [-0.25, -0.2) is 0 Å². The molecular formula is C36H44N4O5. The highest BCUT2D eigenvalue weighted by Gasteiger charge is 2.74. The third-order valence-electron chi connectivity index (χ3n) is 9.95. The number of aliphatic hydroxyl groups is 1. The van der Waals surface area contributed by atoms with E-state index < -0.39 is 29.1 Å². The van der Waals surface area contributed by atoms with Gasteiger partial charge in [-0.2, -0.15) is 0 Å². The summed E-state index contributed by atoms with van der Waals surface area (Å²) in [5, 5.41) is 9.51. The number of unbranched alkanes of at least 4 members (excludes halogenated alkanes) is 1. The maximum absolute atomic E-state index is 14.7. The van der Waals surface area contributed by atoms with Gasteiger partial charge in [0.1, 0.15) is 11.6 Å². The van der Waals surface area contributed by atoms with Gasteiger partial charge in [0, 0.05) is 57.3 Å². The number of carbonyl (C=O) groups is 3. The summed E-state index contributed by atoms with van der Waals surface area (Å²) < 4.78 is 6.95. The molecule has 4 aliphatic rings. The number of ether oxygens (including phenoxy) is 1. The zero-order valence-corrected chi connectivity index (χ0v) is 26.5. The van der Waals surface area contributed by atoms with E-state index in [0.29, 0.717) is 39.0 Å². The van der Waals surface area contributed by atoms with E-state index in [1.54, 1.807) is 14.7 Å². The van der Waals surface area contributed by atoms with Crippen LogP contribution >= 0.6 is 0 Å². The summed E-state index contributed by atoms with van der Waals surface area (Å²) in [4.78, 5) is 51.0. The first-order valence-electron chi connectivity index (χ1n) is 16.2. The first-order valence-corrected chi connectivity index (χ1v) is 16.2. The second kappa shape index (κ2) is 12.4. The van der Waals surface area contributed by atoms with Crippen molar-refractivity contribution in [3.63, 3.8) is 0 Å². The lowest BCUT2D eigenvalue weighted by Gasteiger charge is -2.37. The molecule has 3 amide bonds. The molecule has 0 radical (unpaired) electrons. The summed E-state index contributed by atoms with van der Waals surface area (Å²) in [6.07, 6.45) is 8.70. The van der Waals surface area contributed by atoms with Gasteiger partial charge in [0.05, 0.1) is 17.4 Å². The zero-order chi connectivity index (χ0) is 31.8. The summed E-state index contributed by atoms with van der Waals surface area (Å²) in [5.41, 5.74) is 0.455. The third-order valence-corrected chi connectivity index (χ3v) is 9.95. The van der Waals surface area contributed by atoms with Gasteiger partial charge >= 0.3 is 0 Å². The van der Waals surface area contributed by atoms with Gasteiger partial charge in [-0.15, -0.1) is 0 Å². The minimum absolute atomic E-state index is 0.00491. The van der Waals surface area contributed by atoms with Crippen molar-refractivity contribution in [1.29, 1.82) is 0 Å². The van der Waals surface area contributed by atoms with Crippen molar-refractivity contribution in [2.75, 3.05) is 49.1 Å². The SMILES string of the molecule is CCN(CC)c1ccc(N2CC=C[C@]34O[C@@]5(C)C=CCN(Cc6ccccc6)C(=O)[C@H]5[C@H]3C(=O)N(CCCCO)C4C2=O)cc1. The Labute approximate surface area is 265 Å². The molecule has 9 heteroatoms. The Bertz CT molecular complexity index is 1470. The first kappa shape index (κ1) is 31.0. The van der Waals surface area contributed by atoms with E-state index in [4.69, 9.17) is 4.74 Å². The van der Waals surface area contributed by atoms with E-state index in [0.717, 1.165) is 30.0 Å². The van der Waals surface area contributed by atoms with Gasteiger partial charge in [0.15, 0.2) is 0 Å². The van der Waals surface area contributed by atoms with E-state index in [2.05, 4.69) is 18.7 Å². The van der Waals surface area contributed by atoms with Gasteiger partial charge in [-0.3, -0.25) is 14.4 Å². The number of nitrogens with zero attached hydrogens (tertiary/aromatic N) is 4. The lowest BCUT2D eigenvalue weighted by molar-refractivity contribution is -0.148. The second-order valence-electron chi connectivity index (χ2n) is 12.6. The summed E-state index contributed by atoms with van der Waals surface area (Å²) in [6, 6.07) is 16.8. The number of hydrogen-bond acceptors (Lipinski definition) is 6. The molecule has 2 aromatic rings. The zero-order valence-electron chi connectivity index (χ0n) is 26.5. The van der Waals surface area contributed by atoms with Crippen LogP contribution in [-0.4, -0.2) is 89.2 Å². The summed E-state index contributed by atoms with van der Waals surface area (Å²) >= 11 is 0. The molecule has 2 fully saturated rings. The molecule has 238 valence electrons. The largest absolute Gasteiger partial charge is 0.396 e. The molecule has 6 rings (SSSR count). The molecule has 1 unspecified atom stereocenters. The van der Waals surface area contributed by atoms with Crippen LogP contribution in [0.5, 0.6) is 0 Å². The Hall–Kier alpha value is -3.95. The average Bonchev–Trinajstić information content (AvgIpc) is 3.31. The number of anilines is 2. The molecule has 4 aliphatic heterocycles. The Morgan fingerprint density at radius 1 is 0.867 bits per heavy atom. The number of fused-ring (bicyclic) bond motifs is 2. The monoisotopic (exact) mass is 612 g/mol. The minimum Gasteiger partial charge on any atom is -0.396 e. The van der Waals surface area contributed by atoms with Crippen LogP contribution in [0.1, 0.15) is 39.2 Å². The van der Waals surface area contributed by atoms with Gasteiger partial charge < -0.3 is 29.4 Å². The molecule has 9 nitrogen and oxygen atoms in total. The van der Waals surface area contributed by atoms with Crippen molar-refractivity contribution in [2.24, 2.45) is 11.8 Å². The van der Waals surface area contributed by atoms with Crippen molar-refractivity contribution in [1.82, 2.24) is 9.80 Å². The van der Waals surface area contributed by atoms with Gasteiger partial charge in [-0.05, 0) is 63.4 Å². The Kier molecular flexibility index (Phi) is 8.59. The third kappa shape index (κ3) is 5.25. The van der Waals surface area contributed by atoms with Crippen molar-refractivity contribution in [2.45, 2.75) is 57.4 Å². The fraction of sp³-hybridized carbons (Fsp3) is 0.472. The van der Waals surface area contributed by atoms with Crippen LogP contribution in [0.25, 0.3) is 0 Å². The normalized spacial score (nSPS) is 29.0. The number of aliphatic hydroxyl groups excluding tert-OH is 1. The molecule has 45 heavy (non-hydrogen) atoms. The first-order chi connectivity index (χ1) is 21.8. The Morgan fingerprint density at radius 3 is 2.27 bits per heavy atom. The van der Waals surface area contributed by atoms with Gasteiger partial charge in [0.2, 0.25) is 11.8 Å². The molecule has 2 aromatic carbocycles. The maximum Gasteiger partial charge on any atom is 0.253 e. The topological polar surface area (TPSA) is 93.6 Å². The van der Waals surface area contributed by atoms with Crippen LogP contribution in [0.2, 0.25) is 0 Å². The van der Waals surface area contributed by atoms with Crippen LogP contribution in [-0.2, 0) is 25.7 Å². The number of benzene rings is 2. The van der Waals surface area contributed by atoms with Gasteiger partial charge in [0.25, 0.3) is 5.91 Å². The average molecular weight is 613 g/mol. The number of amides is 3. The number of hydrogen-bond donors (Lipinski definition) is 1. The molecule has 0 bridgehead atoms. The van der Waals surface area contributed by atoms with Gasteiger partial charge in [-0.1, -0.05) is 54.6 Å². The number of carbonyl (C=O) groups excluding carboxylic acids is 3. The Balaban J connectivity index is 1.38. The van der Waals surface area contributed by atoms with E-state index in [1.165, 1.54) is 0 Å². The highest BCUT2D eigenvalue weighted by atomic mass is 16.5. The number of likely N-dealkylation sites (tertiary alicyclic amines) is 1. The highest BCUT2D eigenvalue weighted by molar-refractivity contribution is 6.06. The van der Waals surface area contributed by atoms with Crippen LogP contribution in [0.15, 0.2) is 78.9 Å². The van der Waals surface area contributed by atoms with E-state index in [-0.39, 0.29) is 24.3 Å². The van der Waals surface area contributed by atoms with Crippen LogP contribution in [0, 0.1) is 11.8 Å². The lowest BCUT2D eigenvalue weighted by Crippen LogP contribution is -2.56. The van der Waals surface area contributed by atoms with Crippen molar-refractivity contribution in [3.05, 3.63) is 84.5 Å². The van der Waals surface area contributed by atoms with Crippen molar-refractivity contribution in [3.8, 4) is 0 Å². The molecule has 1 spiro atoms. The van der Waals surface area contributed by atoms with E-state index in [9.17, 15) is 19.5 Å². The van der Waals surface area contributed by atoms with Crippen molar-refractivity contribution >= 4 is 29.1 Å².